The van der Waals surface area contributed by atoms with Gasteiger partial charge in [0.25, 0.3) is 0 Å². The second-order valence-electron chi connectivity index (χ2n) is 14.0. The van der Waals surface area contributed by atoms with Gasteiger partial charge in [-0.3, -0.25) is 19.8 Å². The third-order valence-corrected chi connectivity index (χ3v) is 11.2. The Morgan fingerprint density at radius 2 is 1.18 bits per heavy atom. The molecule has 0 unspecified atom stereocenters. The largest absolute Gasteiger partial charge is 0.457 e. The van der Waals surface area contributed by atoms with Crippen LogP contribution in [0.4, 0.5) is 11.4 Å². The number of nitrogens with zero attached hydrogens (tertiary/aromatic N) is 4. The van der Waals surface area contributed by atoms with Gasteiger partial charge in [0.2, 0.25) is 17.6 Å². The quantitative estimate of drug-likeness (QED) is 0.454. The van der Waals surface area contributed by atoms with Crippen molar-refractivity contribution in [1.82, 2.24) is 9.80 Å². The average Bonchev–Trinajstić information content (AvgIpc) is 3.29. The van der Waals surface area contributed by atoms with Crippen LogP contribution in [0.1, 0.15) is 32.6 Å². The summed E-state index contributed by atoms with van der Waals surface area (Å²) < 4.78 is 17.6. The number of amides is 2. The number of carbonyl (C=O) groups excluding carboxylic acids is 3. The van der Waals surface area contributed by atoms with Crippen molar-refractivity contribution in [3.63, 3.8) is 0 Å². The van der Waals surface area contributed by atoms with Crippen molar-refractivity contribution in [2.24, 2.45) is 11.8 Å². The molecule has 1 N–H and O–H groups in total. The Bertz CT molecular complexity index is 1810. The standard InChI is InChI=1S/C38H39N5O6/c1-23-2-5-28-31(16-23)38(35(39)34(28)44)29-6-3-26(42-19-24(20-42)36(45)40-8-12-47-13-9-40)17-32(29)49-33-18-27(4-7-30(33)38)43-21-25(22-43)37(46)41-10-14-48-15-11-41/h2-7,16-18,24-25,39H,8-15,19-22H2,1H3. The van der Waals surface area contributed by atoms with Gasteiger partial charge < -0.3 is 33.8 Å². The van der Waals surface area contributed by atoms with Gasteiger partial charge in [-0.1, -0.05) is 35.9 Å². The molecule has 0 saturated carbocycles. The minimum absolute atomic E-state index is 0.0136. The van der Waals surface area contributed by atoms with Gasteiger partial charge in [0.05, 0.1) is 49.4 Å². The van der Waals surface area contributed by atoms with Crippen LogP contribution in [-0.4, -0.2) is 112 Å². The Balaban J connectivity index is 1.04. The summed E-state index contributed by atoms with van der Waals surface area (Å²) in [5.74, 6) is 1.16. The zero-order valence-electron chi connectivity index (χ0n) is 27.6. The number of hydrogen-bond donors (Lipinski definition) is 1. The topological polar surface area (TPSA) is 116 Å². The fraction of sp³-hybridized carbons (Fsp3) is 0.421. The van der Waals surface area contributed by atoms with E-state index in [9.17, 15) is 19.8 Å². The zero-order chi connectivity index (χ0) is 33.4. The molecule has 1 aliphatic carbocycles. The minimum atomic E-state index is -1.12. The maximum atomic E-state index is 13.8. The molecule has 49 heavy (non-hydrogen) atoms. The smallest absolute Gasteiger partial charge is 0.229 e. The van der Waals surface area contributed by atoms with E-state index in [1.165, 1.54) is 0 Å². The van der Waals surface area contributed by atoms with Crippen molar-refractivity contribution in [1.29, 1.82) is 5.41 Å². The first-order chi connectivity index (χ1) is 23.8. The molecule has 252 valence electrons. The number of ketones is 1. The molecule has 5 aliphatic heterocycles. The number of ether oxygens (including phenoxy) is 3. The van der Waals surface area contributed by atoms with Gasteiger partial charge in [-0.15, -0.1) is 0 Å². The van der Waals surface area contributed by atoms with Gasteiger partial charge in [-0.25, -0.2) is 0 Å². The van der Waals surface area contributed by atoms with Gasteiger partial charge in [0, 0.05) is 92.6 Å². The van der Waals surface area contributed by atoms with E-state index in [1.807, 2.05) is 71.3 Å². The molecular formula is C38H39N5O6. The highest BCUT2D eigenvalue weighted by Crippen LogP contribution is 2.57. The summed E-state index contributed by atoms with van der Waals surface area (Å²) in [5.41, 5.74) is 4.65. The van der Waals surface area contributed by atoms with E-state index in [-0.39, 0.29) is 35.1 Å². The van der Waals surface area contributed by atoms with E-state index in [2.05, 4.69) is 9.80 Å². The number of nitrogens with one attached hydrogen (secondary N) is 1. The van der Waals surface area contributed by atoms with Crippen molar-refractivity contribution in [3.8, 4) is 11.5 Å². The lowest BCUT2D eigenvalue weighted by atomic mass is 9.67. The molecular weight excluding hydrogens is 622 g/mol. The molecule has 0 aromatic heterocycles. The molecule has 3 aromatic carbocycles. The first kappa shape index (κ1) is 30.3. The molecule has 11 nitrogen and oxygen atoms in total. The predicted octanol–water partition coefficient (Wildman–Crippen LogP) is 3.24. The first-order valence-corrected chi connectivity index (χ1v) is 17.3. The Labute approximate surface area is 284 Å². The van der Waals surface area contributed by atoms with Crippen molar-refractivity contribution in [3.05, 3.63) is 82.4 Å². The first-order valence-electron chi connectivity index (χ1n) is 17.3. The van der Waals surface area contributed by atoms with E-state index in [4.69, 9.17) is 14.2 Å². The highest BCUT2D eigenvalue weighted by molar-refractivity contribution is 6.53. The predicted molar refractivity (Wildman–Crippen MR) is 182 cm³/mol. The van der Waals surface area contributed by atoms with Crippen LogP contribution in [0.15, 0.2) is 54.6 Å². The number of rotatable bonds is 4. The summed E-state index contributed by atoms with van der Waals surface area (Å²) in [6.45, 7) is 9.38. The van der Waals surface area contributed by atoms with E-state index >= 15 is 0 Å². The highest BCUT2D eigenvalue weighted by Gasteiger charge is 2.56. The molecule has 11 heteroatoms. The maximum absolute atomic E-state index is 13.8. The Morgan fingerprint density at radius 1 is 0.694 bits per heavy atom. The summed E-state index contributed by atoms with van der Waals surface area (Å²) in [4.78, 5) is 48.1. The number of anilines is 2. The molecule has 4 fully saturated rings. The molecule has 0 atom stereocenters. The molecule has 0 radical (unpaired) electrons. The van der Waals surface area contributed by atoms with E-state index < -0.39 is 5.41 Å². The number of morpholine rings is 2. The van der Waals surface area contributed by atoms with E-state index in [1.54, 1.807) is 0 Å². The Hall–Kier alpha value is -4.74. The second-order valence-corrected chi connectivity index (χ2v) is 14.0. The van der Waals surface area contributed by atoms with Crippen LogP contribution in [0.5, 0.6) is 11.5 Å². The summed E-state index contributed by atoms with van der Waals surface area (Å²) in [6, 6.07) is 17.8. The van der Waals surface area contributed by atoms with E-state index in [0.717, 1.165) is 33.6 Å². The normalized spacial score (nSPS) is 21.5. The van der Waals surface area contributed by atoms with Crippen LogP contribution < -0.4 is 14.5 Å². The Kier molecular flexibility index (Phi) is 7.07. The Morgan fingerprint density at radius 3 is 1.67 bits per heavy atom. The molecule has 2 amide bonds. The second kappa shape index (κ2) is 11.4. The SMILES string of the molecule is Cc1ccc2c(c1)C1(C(=N)C2=O)c2ccc(N3CC(C(=O)N4CCOCC4)C3)cc2Oc2cc(N3CC(C(=O)N4CCOCC4)C3)ccc21. The van der Waals surface area contributed by atoms with Crippen molar-refractivity contribution >= 4 is 34.7 Å². The molecule has 9 rings (SSSR count). The summed E-state index contributed by atoms with van der Waals surface area (Å²) in [5, 5.41) is 9.40. The zero-order valence-corrected chi connectivity index (χ0v) is 27.6. The van der Waals surface area contributed by atoms with Crippen LogP contribution in [0, 0.1) is 24.2 Å². The van der Waals surface area contributed by atoms with Crippen LogP contribution >= 0.6 is 0 Å². The average molecular weight is 662 g/mol. The summed E-state index contributed by atoms with van der Waals surface area (Å²) in [7, 11) is 0. The fourth-order valence-electron chi connectivity index (χ4n) is 8.41. The molecule has 3 aromatic rings. The minimum Gasteiger partial charge on any atom is -0.457 e. The third kappa shape index (κ3) is 4.62. The van der Waals surface area contributed by atoms with Crippen molar-refractivity contribution in [2.45, 2.75) is 12.3 Å². The molecule has 1 spiro atoms. The molecule has 6 aliphatic rings. The van der Waals surface area contributed by atoms with Gasteiger partial charge in [-0.05, 0) is 24.6 Å². The van der Waals surface area contributed by atoms with Crippen LogP contribution in [-0.2, 0) is 24.5 Å². The van der Waals surface area contributed by atoms with Gasteiger partial charge in [-0.2, -0.15) is 0 Å². The number of benzene rings is 3. The maximum Gasteiger partial charge on any atom is 0.229 e. The number of carbonyl (C=O) groups is 3. The monoisotopic (exact) mass is 661 g/mol. The van der Waals surface area contributed by atoms with Crippen LogP contribution in [0.25, 0.3) is 0 Å². The van der Waals surface area contributed by atoms with Crippen LogP contribution in [0.3, 0.4) is 0 Å². The van der Waals surface area contributed by atoms with Crippen LogP contribution in [0.2, 0.25) is 0 Å². The number of Topliss-reactive ketones (excluding diaryl/α,β-unsaturated/α-hetero) is 1. The van der Waals surface area contributed by atoms with Crippen molar-refractivity contribution < 1.29 is 28.6 Å². The van der Waals surface area contributed by atoms with Gasteiger partial charge >= 0.3 is 0 Å². The van der Waals surface area contributed by atoms with Gasteiger partial charge in [0.15, 0.2) is 0 Å². The molecule has 5 heterocycles. The highest BCUT2D eigenvalue weighted by atomic mass is 16.5. The number of hydrogen-bond acceptors (Lipinski definition) is 9. The number of fused-ring (bicyclic) bond motifs is 6. The van der Waals surface area contributed by atoms with Crippen molar-refractivity contribution in [2.75, 3.05) is 88.6 Å². The fourth-order valence-corrected chi connectivity index (χ4v) is 8.41. The molecule has 0 bridgehead atoms. The lowest BCUT2D eigenvalue weighted by Gasteiger charge is -2.44. The molecule has 4 saturated heterocycles. The summed E-state index contributed by atoms with van der Waals surface area (Å²) >= 11 is 0. The van der Waals surface area contributed by atoms with E-state index in [0.29, 0.717) is 95.8 Å². The lowest BCUT2D eigenvalue weighted by molar-refractivity contribution is -0.141. The van der Waals surface area contributed by atoms with Gasteiger partial charge in [0.1, 0.15) is 11.5 Å². The lowest BCUT2D eigenvalue weighted by Crippen LogP contribution is -2.56. The summed E-state index contributed by atoms with van der Waals surface area (Å²) in [6.07, 6.45) is 0. The number of aryl methyl sites for hydroxylation is 1. The third-order valence-electron chi connectivity index (χ3n) is 11.2.